The van der Waals surface area contributed by atoms with Crippen molar-refractivity contribution < 1.29 is 23.9 Å². The van der Waals surface area contributed by atoms with Gasteiger partial charge in [0.1, 0.15) is 5.75 Å². The number of likely N-dealkylation sites (tertiary alicyclic amines) is 1. The molecule has 28 heavy (non-hydrogen) atoms. The number of rotatable bonds is 8. The van der Waals surface area contributed by atoms with E-state index in [2.05, 4.69) is 5.32 Å². The van der Waals surface area contributed by atoms with Crippen molar-refractivity contribution in [2.75, 3.05) is 26.7 Å². The zero-order valence-electron chi connectivity index (χ0n) is 16.9. The molecular formula is C21H30N2O5. The fourth-order valence-electron chi connectivity index (χ4n) is 3.21. The number of carbonyl (C=O) groups excluding carboxylic acids is 3. The first kappa shape index (κ1) is 21.7. The maximum atomic E-state index is 12.4. The topological polar surface area (TPSA) is 84.9 Å². The highest BCUT2D eigenvalue weighted by atomic mass is 16.5. The van der Waals surface area contributed by atoms with Gasteiger partial charge in [0, 0.05) is 26.1 Å². The molecule has 0 spiro atoms. The third-order valence-electron chi connectivity index (χ3n) is 4.94. The van der Waals surface area contributed by atoms with Gasteiger partial charge in [0.25, 0.3) is 5.91 Å². The van der Waals surface area contributed by atoms with Gasteiger partial charge in [-0.15, -0.1) is 0 Å². The number of esters is 1. The first-order chi connectivity index (χ1) is 13.4. The molecule has 0 radical (unpaired) electrons. The van der Waals surface area contributed by atoms with Crippen LogP contribution in [0.1, 0.15) is 38.7 Å². The van der Waals surface area contributed by atoms with Gasteiger partial charge in [0.2, 0.25) is 5.91 Å². The lowest BCUT2D eigenvalue weighted by Gasteiger charge is -2.31. The highest BCUT2D eigenvalue weighted by Crippen LogP contribution is 2.19. The molecule has 7 nitrogen and oxygen atoms in total. The number of benzene rings is 1. The molecule has 154 valence electrons. The molecule has 1 aromatic rings. The number of carbonyl (C=O) groups is 3. The van der Waals surface area contributed by atoms with Gasteiger partial charge in [0.15, 0.2) is 6.10 Å². The first-order valence-electron chi connectivity index (χ1n) is 9.83. The Labute approximate surface area is 166 Å². The second kappa shape index (κ2) is 10.7. The molecule has 2 amide bonds. The minimum Gasteiger partial charge on any atom is -0.497 e. The fourth-order valence-corrected chi connectivity index (χ4v) is 3.21. The van der Waals surface area contributed by atoms with Crippen molar-refractivity contribution in [1.29, 1.82) is 0 Å². The van der Waals surface area contributed by atoms with Crippen LogP contribution in [-0.4, -0.2) is 55.5 Å². The number of nitrogens with one attached hydrogen (secondary N) is 1. The molecule has 1 saturated heterocycles. The van der Waals surface area contributed by atoms with Crippen LogP contribution in [0.2, 0.25) is 0 Å². The number of hydrogen-bond acceptors (Lipinski definition) is 5. The van der Waals surface area contributed by atoms with Crippen molar-refractivity contribution in [2.24, 2.45) is 5.92 Å². The SMILES string of the molecule is CCC(=O)N1CCCC(C(=O)OC(C)C(=O)NCCc2ccc(OC)cc2)C1. The van der Waals surface area contributed by atoms with Crippen LogP contribution < -0.4 is 10.1 Å². The van der Waals surface area contributed by atoms with E-state index in [1.807, 2.05) is 31.2 Å². The molecular weight excluding hydrogens is 360 g/mol. The largest absolute Gasteiger partial charge is 0.497 e. The Hall–Kier alpha value is -2.57. The van der Waals surface area contributed by atoms with Crippen molar-refractivity contribution in [1.82, 2.24) is 10.2 Å². The lowest BCUT2D eigenvalue weighted by Crippen LogP contribution is -2.44. The predicted molar refractivity (Wildman–Crippen MR) is 105 cm³/mol. The van der Waals surface area contributed by atoms with Gasteiger partial charge < -0.3 is 19.7 Å². The molecule has 0 aliphatic carbocycles. The van der Waals surface area contributed by atoms with E-state index in [0.717, 1.165) is 17.7 Å². The summed E-state index contributed by atoms with van der Waals surface area (Å²) in [5, 5.41) is 2.79. The third-order valence-corrected chi connectivity index (χ3v) is 4.94. The number of ether oxygens (including phenoxy) is 2. The molecule has 1 N–H and O–H groups in total. The van der Waals surface area contributed by atoms with Gasteiger partial charge in [-0.05, 0) is 43.9 Å². The quantitative estimate of drug-likeness (QED) is 0.686. The number of hydrogen-bond donors (Lipinski definition) is 1. The summed E-state index contributed by atoms with van der Waals surface area (Å²) in [5.41, 5.74) is 1.08. The van der Waals surface area contributed by atoms with E-state index in [4.69, 9.17) is 9.47 Å². The Bertz CT molecular complexity index is 674. The molecule has 1 aromatic carbocycles. The molecule has 0 aromatic heterocycles. The molecule has 2 atom stereocenters. The summed E-state index contributed by atoms with van der Waals surface area (Å²) in [4.78, 5) is 38.1. The van der Waals surface area contributed by atoms with Crippen LogP contribution in [0.4, 0.5) is 0 Å². The van der Waals surface area contributed by atoms with Crippen LogP contribution in [0.15, 0.2) is 24.3 Å². The van der Waals surface area contributed by atoms with E-state index in [1.54, 1.807) is 18.9 Å². The molecule has 2 rings (SSSR count). The van der Waals surface area contributed by atoms with Crippen molar-refractivity contribution in [3.05, 3.63) is 29.8 Å². The highest BCUT2D eigenvalue weighted by Gasteiger charge is 2.30. The average Bonchev–Trinajstić information content (AvgIpc) is 2.73. The van der Waals surface area contributed by atoms with Crippen LogP contribution in [0.5, 0.6) is 5.75 Å². The van der Waals surface area contributed by atoms with Gasteiger partial charge in [0.05, 0.1) is 13.0 Å². The van der Waals surface area contributed by atoms with Crippen LogP contribution in [0.25, 0.3) is 0 Å². The highest BCUT2D eigenvalue weighted by molar-refractivity contribution is 5.84. The Balaban J connectivity index is 1.74. The second-order valence-corrected chi connectivity index (χ2v) is 7.00. The molecule has 1 aliphatic rings. The van der Waals surface area contributed by atoms with Crippen molar-refractivity contribution in [3.63, 3.8) is 0 Å². The van der Waals surface area contributed by atoms with Gasteiger partial charge in [-0.2, -0.15) is 0 Å². The summed E-state index contributed by atoms with van der Waals surface area (Å²) >= 11 is 0. The van der Waals surface area contributed by atoms with Crippen molar-refractivity contribution in [3.8, 4) is 5.75 Å². The van der Waals surface area contributed by atoms with Gasteiger partial charge in [-0.25, -0.2) is 0 Å². The fraction of sp³-hybridized carbons (Fsp3) is 0.571. The Morgan fingerprint density at radius 3 is 2.61 bits per heavy atom. The Kier molecular flexibility index (Phi) is 8.29. The molecule has 0 saturated carbocycles. The lowest BCUT2D eigenvalue weighted by atomic mass is 9.98. The smallest absolute Gasteiger partial charge is 0.311 e. The zero-order chi connectivity index (χ0) is 20.5. The standard InChI is InChI=1S/C21H30N2O5/c1-4-19(24)23-13-5-6-17(14-23)21(26)28-15(2)20(25)22-12-11-16-7-9-18(27-3)10-8-16/h7-10,15,17H,4-6,11-14H2,1-3H3,(H,22,25). The molecule has 2 unspecified atom stereocenters. The van der Waals surface area contributed by atoms with Crippen LogP contribution in [0.3, 0.4) is 0 Å². The third kappa shape index (κ3) is 6.25. The van der Waals surface area contributed by atoms with E-state index in [9.17, 15) is 14.4 Å². The predicted octanol–water partition coefficient (Wildman–Crippen LogP) is 1.93. The summed E-state index contributed by atoms with van der Waals surface area (Å²) in [6.45, 7) is 4.88. The summed E-state index contributed by atoms with van der Waals surface area (Å²) in [6, 6.07) is 7.64. The molecule has 1 fully saturated rings. The molecule has 1 heterocycles. The maximum absolute atomic E-state index is 12.4. The Morgan fingerprint density at radius 1 is 1.25 bits per heavy atom. The first-order valence-corrected chi connectivity index (χ1v) is 9.83. The van der Waals surface area contributed by atoms with Crippen molar-refractivity contribution >= 4 is 17.8 Å². The minimum atomic E-state index is -0.861. The number of piperidine rings is 1. The summed E-state index contributed by atoms with van der Waals surface area (Å²) in [6.07, 6.45) is 1.69. The zero-order valence-corrected chi connectivity index (χ0v) is 16.9. The molecule has 1 aliphatic heterocycles. The van der Waals surface area contributed by atoms with E-state index in [0.29, 0.717) is 38.9 Å². The van der Waals surface area contributed by atoms with Crippen LogP contribution in [0, 0.1) is 5.92 Å². The maximum Gasteiger partial charge on any atom is 0.311 e. The second-order valence-electron chi connectivity index (χ2n) is 7.00. The Morgan fingerprint density at radius 2 is 1.96 bits per heavy atom. The van der Waals surface area contributed by atoms with Gasteiger partial charge in [-0.1, -0.05) is 19.1 Å². The van der Waals surface area contributed by atoms with Crippen LogP contribution >= 0.6 is 0 Å². The van der Waals surface area contributed by atoms with Crippen molar-refractivity contribution in [2.45, 2.75) is 45.6 Å². The lowest BCUT2D eigenvalue weighted by molar-refractivity contribution is -0.161. The number of nitrogens with zero attached hydrogens (tertiary/aromatic N) is 1. The number of amides is 2. The van der Waals surface area contributed by atoms with E-state index < -0.39 is 12.1 Å². The number of methoxy groups -OCH3 is 1. The molecule has 0 bridgehead atoms. The monoisotopic (exact) mass is 390 g/mol. The average molecular weight is 390 g/mol. The van der Waals surface area contributed by atoms with Crippen LogP contribution in [-0.2, 0) is 25.5 Å². The molecule has 7 heteroatoms. The van der Waals surface area contributed by atoms with Gasteiger partial charge >= 0.3 is 5.97 Å². The summed E-state index contributed by atoms with van der Waals surface area (Å²) in [7, 11) is 1.62. The minimum absolute atomic E-state index is 0.0434. The normalized spacial score (nSPS) is 17.5. The van der Waals surface area contributed by atoms with Gasteiger partial charge in [-0.3, -0.25) is 14.4 Å². The summed E-state index contributed by atoms with van der Waals surface area (Å²) in [5.74, 6) is -0.263. The summed E-state index contributed by atoms with van der Waals surface area (Å²) < 4.78 is 10.5. The van der Waals surface area contributed by atoms with E-state index in [-0.39, 0.29) is 17.7 Å². The van der Waals surface area contributed by atoms with E-state index in [1.165, 1.54) is 0 Å². The van der Waals surface area contributed by atoms with E-state index >= 15 is 0 Å².